The molecule has 174 valence electrons. The lowest BCUT2D eigenvalue weighted by molar-refractivity contribution is 0.0505. The second-order valence-electron chi connectivity index (χ2n) is 8.61. The lowest BCUT2D eigenvalue weighted by atomic mass is 9.78. The summed E-state index contributed by atoms with van der Waals surface area (Å²) in [5, 5.41) is 12.2. The highest BCUT2D eigenvalue weighted by Gasteiger charge is 2.33. The Morgan fingerprint density at radius 1 is 1.27 bits per heavy atom. The number of aromatic nitrogens is 4. The molecule has 3 aromatic rings. The highest BCUT2D eigenvalue weighted by molar-refractivity contribution is 6.30. The van der Waals surface area contributed by atoms with E-state index in [1.165, 1.54) is 4.68 Å². The van der Waals surface area contributed by atoms with E-state index in [0.29, 0.717) is 16.5 Å². The van der Waals surface area contributed by atoms with Crippen LogP contribution in [0.5, 0.6) is 5.88 Å². The normalized spacial score (nSPS) is 18.4. The van der Waals surface area contributed by atoms with E-state index in [1.807, 2.05) is 26.0 Å². The molecule has 4 rings (SSSR count). The van der Waals surface area contributed by atoms with Crippen LogP contribution < -0.4 is 15.8 Å². The SMILES string of the molecule is Cc1c(C(=O)N[C@@H](C)CC2CC(Oc3nn(C)cc3C(N)=O)C2)cnn1-c1ccc(Cl)cc1. The van der Waals surface area contributed by atoms with Crippen LogP contribution in [0.15, 0.2) is 36.7 Å². The summed E-state index contributed by atoms with van der Waals surface area (Å²) in [5.41, 5.74) is 7.82. The Morgan fingerprint density at radius 2 is 1.97 bits per heavy atom. The maximum absolute atomic E-state index is 12.8. The number of primary amides is 1. The molecular formula is C23H27ClN6O3. The molecule has 9 nitrogen and oxygen atoms in total. The molecular weight excluding hydrogens is 444 g/mol. The van der Waals surface area contributed by atoms with Gasteiger partial charge in [0, 0.05) is 24.3 Å². The van der Waals surface area contributed by atoms with Gasteiger partial charge in [-0.3, -0.25) is 14.3 Å². The minimum Gasteiger partial charge on any atom is -0.473 e. The molecule has 1 aromatic carbocycles. The first kappa shape index (κ1) is 22.8. The third-order valence-electron chi connectivity index (χ3n) is 5.92. The zero-order valence-electron chi connectivity index (χ0n) is 18.8. The Balaban J connectivity index is 1.28. The minimum atomic E-state index is -0.556. The number of rotatable bonds is 8. The third kappa shape index (κ3) is 5.03. The Hall–Kier alpha value is -3.33. The number of nitrogens with zero attached hydrogens (tertiary/aromatic N) is 4. The Kier molecular flexibility index (Phi) is 6.42. The van der Waals surface area contributed by atoms with Gasteiger partial charge in [0.1, 0.15) is 11.7 Å². The van der Waals surface area contributed by atoms with Crippen molar-refractivity contribution in [3.05, 3.63) is 58.5 Å². The van der Waals surface area contributed by atoms with E-state index in [9.17, 15) is 9.59 Å². The van der Waals surface area contributed by atoms with Crippen molar-refractivity contribution in [1.82, 2.24) is 24.9 Å². The van der Waals surface area contributed by atoms with Crippen molar-refractivity contribution < 1.29 is 14.3 Å². The number of nitrogens with one attached hydrogen (secondary N) is 1. The zero-order valence-corrected chi connectivity index (χ0v) is 19.5. The molecule has 2 amide bonds. The summed E-state index contributed by atoms with van der Waals surface area (Å²) in [6, 6.07) is 7.30. The van der Waals surface area contributed by atoms with Crippen molar-refractivity contribution in [2.24, 2.45) is 18.7 Å². The second kappa shape index (κ2) is 9.27. The maximum Gasteiger partial charge on any atom is 0.255 e. The van der Waals surface area contributed by atoms with Crippen LogP contribution in [0.4, 0.5) is 0 Å². The highest BCUT2D eigenvalue weighted by Crippen LogP contribution is 2.35. The van der Waals surface area contributed by atoms with E-state index < -0.39 is 5.91 Å². The summed E-state index contributed by atoms with van der Waals surface area (Å²) < 4.78 is 9.09. The first-order valence-electron chi connectivity index (χ1n) is 10.8. The number of carbonyl (C=O) groups excluding carboxylic acids is 2. The maximum atomic E-state index is 12.8. The van der Waals surface area contributed by atoms with Crippen LogP contribution in [0.2, 0.25) is 5.02 Å². The van der Waals surface area contributed by atoms with Gasteiger partial charge in [-0.05, 0) is 63.3 Å². The van der Waals surface area contributed by atoms with Crippen molar-refractivity contribution in [2.45, 2.75) is 45.3 Å². The summed E-state index contributed by atoms with van der Waals surface area (Å²) in [6.45, 7) is 3.86. The predicted octanol–water partition coefficient (Wildman–Crippen LogP) is 3.03. The summed E-state index contributed by atoms with van der Waals surface area (Å²) in [7, 11) is 1.72. The van der Waals surface area contributed by atoms with Crippen molar-refractivity contribution in [2.75, 3.05) is 0 Å². The first-order valence-corrected chi connectivity index (χ1v) is 11.2. The number of hydrogen-bond acceptors (Lipinski definition) is 5. The highest BCUT2D eigenvalue weighted by atomic mass is 35.5. The van der Waals surface area contributed by atoms with Gasteiger partial charge in [-0.1, -0.05) is 11.6 Å². The van der Waals surface area contributed by atoms with E-state index >= 15 is 0 Å². The molecule has 0 saturated heterocycles. The third-order valence-corrected chi connectivity index (χ3v) is 6.17. The number of carbonyl (C=O) groups is 2. The quantitative estimate of drug-likeness (QED) is 0.524. The standard InChI is InChI=1S/C23H27ClN6O3/c1-13(8-15-9-18(10-15)33-23-20(21(25)31)12-29(3)28-23)27-22(32)19-11-26-30(14(19)2)17-6-4-16(24)5-7-17/h4-7,11-13,15,18H,8-10H2,1-3H3,(H2,25,31)(H,27,32)/t13-,15?,18?/m0/s1. The van der Waals surface area contributed by atoms with Crippen molar-refractivity contribution in [3.63, 3.8) is 0 Å². The van der Waals surface area contributed by atoms with Crippen LogP contribution in [0.1, 0.15) is 52.6 Å². The lowest BCUT2D eigenvalue weighted by Gasteiger charge is -2.36. The molecule has 1 aliphatic rings. The molecule has 10 heteroatoms. The Bertz CT molecular complexity index is 1160. The number of nitrogens with two attached hydrogens (primary N) is 1. The average Bonchev–Trinajstić information content (AvgIpc) is 3.29. The number of aryl methyl sites for hydroxylation is 1. The van der Waals surface area contributed by atoms with Gasteiger partial charge in [-0.15, -0.1) is 5.10 Å². The summed E-state index contributed by atoms with van der Waals surface area (Å²) in [4.78, 5) is 24.3. The summed E-state index contributed by atoms with van der Waals surface area (Å²) in [6.07, 6.45) is 5.64. The van der Waals surface area contributed by atoms with E-state index in [4.69, 9.17) is 22.1 Å². The molecule has 1 atom stereocenters. The van der Waals surface area contributed by atoms with E-state index in [1.54, 1.807) is 36.3 Å². The van der Waals surface area contributed by atoms with E-state index in [-0.39, 0.29) is 29.5 Å². The van der Waals surface area contributed by atoms with Crippen molar-refractivity contribution >= 4 is 23.4 Å². The van der Waals surface area contributed by atoms with Gasteiger partial charge in [0.15, 0.2) is 0 Å². The number of hydrogen-bond donors (Lipinski definition) is 2. The van der Waals surface area contributed by atoms with E-state index in [2.05, 4.69) is 15.5 Å². The zero-order chi connectivity index (χ0) is 23.7. The van der Waals surface area contributed by atoms with Gasteiger partial charge in [0.25, 0.3) is 11.8 Å². The van der Waals surface area contributed by atoms with Crippen molar-refractivity contribution in [1.29, 1.82) is 0 Å². The van der Waals surface area contributed by atoms with Crippen molar-refractivity contribution in [3.8, 4) is 11.6 Å². The Morgan fingerprint density at radius 3 is 2.64 bits per heavy atom. The molecule has 0 spiro atoms. The molecule has 33 heavy (non-hydrogen) atoms. The fraction of sp³-hybridized carbons (Fsp3) is 0.391. The van der Waals surface area contributed by atoms with Gasteiger partial charge in [0.2, 0.25) is 5.88 Å². The number of amides is 2. The van der Waals surface area contributed by atoms with Crippen LogP contribution in [-0.4, -0.2) is 43.5 Å². The average molecular weight is 471 g/mol. The van der Waals surface area contributed by atoms with Crippen LogP contribution in [0, 0.1) is 12.8 Å². The van der Waals surface area contributed by atoms with Gasteiger partial charge in [-0.2, -0.15) is 5.10 Å². The van der Waals surface area contributed by atoms with Crippen LogP contribution >= 0.6 is 11.6 Å². The monoisotopic (exact) mass is 470 g/mol. The predicted molar refractivity (Wildman–Crippen MR) is 124 cm³/mol. The lowest BCUT2D eigenvalue weighted by Crippen LogP contribution is -2.40. The molecule has 0 aliphatic heterocycles. The molecule has 0 bridgehead atoms. The van der Waals surface area contributed by atoms with Gasteiger partial charge in [0.05, 0.1) is 23.1 Å². The molecule has 0 radical (unpaired) electrons. The molecule has 1 aliphatic carbocycles. The number of ether oxygens (including phenoxy) is 1. The summed E-state index contributed by atoms with van der Waals surface area (Å²) in [5.74, 6) is -0.00110. The van der Waals surface area contributed by atoms with Gasteiger partial charge >= 0.3 is 0 Å². The molecule has 1 fully saturated rings. The second-order valence-corrected chi connectivity index (χ2v) is 9.04. The van der Waals surface area contributed by atoms with Crippen LogP contribution in [-0.2, 0) is 7.05 Å². The first-order chi connectivity index (χ1) is 15.7. The number of halogens is 1. The molecule has 1 saturated carbocycles. The van der Waals surface area contributed by atoms with Gasteiger partial charge < -0.3 is 15.8 Å². The van der Waals surface area contributed by atoms with Crippen LogP contribution in [0.25, 0.3) is 5.69 Å². The van der Waals surface area contributed by atoms with E-state index in [0.717, 1.165) is 30.6 Å². The fourth-order valence-electron chi connectivity index (χ4n) is 4.18. The van der Waals surface area contributed by atoms with Gasteiger partial charge in [-0.25, -0.2) is 4.68 Å². The minimum absolute atomic E-state index is 0.00207. The van der Waals surface area contributed by atoms with Crippen LogP contribution in [0.3, 0.4) is 0 Å². The largest absolute Gasteiger partial charge is 0.473 e. The smallest absolute Gasteiger partial charge is 0.255 e. The topological polar surface area (TPSA) is 117 Å². The molecule has 2 aromatic heterocycles. The molecule has 0 unspecified atom stereocenters. The summed E-state index contributed by atoms with van der Waals surface area (Å²) >= 11 is 5.96. The molecule has 2 heterocycles. The number of benzene rings is 1. The fourth-order valence-corrected chi connectivity index (χ4v) is 4.31. The molecule has 3 N–H and O–H groups in total. The Labute approximate surface area is 196 Å².